The van der Waals surface area contributed by atoms with Gasteiger partial charge in [0, 0.05) is 33.4 Å². The predicted molar refractivity (Wildman–Crippen MR) is 247 cm³/mol. The molecule has 0 fully saturated rings. The summed E-state index contributed by atoms with van der Waals surface area (Å²) in [7, 11) is 0. The van der Waals surface area contributed by atoms with E-state index in [-0.39, 0.29) is 0 Å². The van der Waals surface area contributed by atoms with Crippen molar-refractivity contribution in [3.8, 4) is 39.1 Å². The standard InChI is InChI=1S/C56H38N2/c1-2-13-39(14-3-1)45-27-26-41-29-34-50(38-47(41)36-45)57(49-18-12-17-44(37-49)46-28-25-40-15-4-5-16-43(40)35-46)48-32-30-42(31-33-48)51-19-6-9-22-54(51)58-55-23-10-7-20-52(55)53-21-8-11-24-56(53)58/h1-38H. The molecule has 11 aromatic rings. The van der Waals surface area contributed by atoms with Crippen molar-refractivity contribution in [3.05, 3.63) is 231 Å². The van der Waals surface area contributed by atoms with Crippen molar-refractivity contribution in [2.75, 3.05) is 4.90 Å². The third kappa shape index (κ3) is 5.91. The Balaban J connectivity index is 1.05. The molecule has 2 heteroatoms. The highest BCUT2D eigenvalue weighted by Crippen LogP contribution is 2.41. The fourth-order valence-corrected chi connectivity index (χ4v) is 8.71. The molecule has 0 saturated heterocycles. The van der Waals surface area contributed by atoms with Crippen LogP contribution in [0.5, 0.6) is 0 Å². The Morgan fingerprint density at radius 3 is 1.57 bits per heavy atom. The number of benzene rings is 10. The average molecular weight is 739 g/mol. The van der Waals surface area contributed by atoms with Crippen LogP contribution in [0.25, 0.3) is 82.4 Å². The van der Waals surface area contributed by atoms with Crippen LogP contribution in [0.15, 0.2) is 231 Å². The largest absolute Gasteiger partial charge is 0.310 e. The van der Waals surface area contributed by atoms with Crippen LogP contribution in [0, 0.1) is 0 Å². The Kier molecular flexibility index (Phi) is 8.19. The molecule has 58 heavy (non-hydrogen) atoms. The third-order valence-electron chi connectivity index (χ3n) is 11.5. The molecule has 0 saturated carbocycles. The van der Waals surface area contributed by atoms with Crippen molar-refractivity contribution < 1.29 is 0 Å². The molecular formula is C56H38N2. The van der Waals surface area contributed by atoms with Gasteiger partial charge in [-0.3, -0.25) is 0 Å². The first-order valence-corrected chi connectivity index (χ1v) is 19.9. The van der Waals surface area contributed by atoms with Gasteiger partial charge in [-0.05, 0) is 116 Å². The maximum absolute atomic E-state index is 2.41. The van der Waals surface area contributed by atoms with Crippen molar-refractivity contribution in [1.82, 2.24) is 4.57 Å². The normalized spacial score (nSPS) is 11.4. The quantitative estimate of drug-likeness (QED) is 0.158. The zero-order valence-corrected chi connectivity index (χ0v) is 31.8. The second-order valence-corrected chi connectivity index (χ2v) is 15.0. The van der Waals surface area contributed by atoms with Gasteiger partial charge in [0.1, 0.15) is 0 Å². The molecule has 11 rings (SSSR count). The highest BCUT2D eigenvalue weighted by Gasteiger charge is 2.18. The minimum absolute atomic E-state index is 1.09. The lowest BCUT2D eigenvalue weighted by Crippen LogP contribution is -2.10. The smallest absolute Gasteiger partial charge is 0.0541 e. The van der Waals surface area contributed by atoms with Crippen LogP contribution in [0.1, 0.15) is 0 Å². The number of hydrogen-bond acceptors (Lipinski definition) is 1. The van der Waals surface area contributed by atoms with Gasteiger partial charge < -0.3 is 9.47 Å². The molecule has 0 spiro atoms. The summed E-state index contributed by atoms with van der Waals surface area (Å²) in [5, 5.41) is 7.42. The second-order valence-electron chi connectivity index (χ2n) is 15.0. The molecule has 0 aliphatic rings. The van der Waals surface area contributed by atoms with E-state index in [1.165, 1.54) is 71.2 Å². The van der Waals surface area contributed by atoms with Crippen molar-refractivity contribution in [2.45, 2.75) is 0 Å². The Labute approximate surface area is 338 Å². The lowest BCUT2D eigenvalue weighted by Gasteiger charge is -2.27. The van der Waals surface area contributed by atoms with E-state index in [0.717, 1.165) is 28.3 Å². The molecule has 272 valence electrons. The van der Waals surface area contributed by atoms with Crippen molar-refractivity contribution >= 4 is 60.4 Å². The van der Waals surface area contributed by atoms with Crippen molar-refractivity contribution in [1.29, 1.82) is 0 Å². The molecule has 0 atom stereocenters. The molecular weight excluding hydrogens is 701 g/mol. The number of para-hydroxylation sites is 3. The monoisotopic (exact) mass is 738 g/mol. The summed E-state index contributed by atoms with van der Waals surface area (Å²) < 4.78 is 2.41. The number of fused-ring (bicyclic) bond motifs is 5. The first-order valence-electron chi connectivity index (χ1n) is 19.9. The number of aromatic nitrogens is 1. The van der Waals surface area contributed by atoms with Crippen LogP contribution in [0.4, 0.5) is 17.1 Å². The van der Waals surface area contributed by atoms with Gasteiger partial charge in [-0.2, -0.15) is 0 Å². The number of anilines is 3. The summed E-state index contributed by atoms with van der Waals surface area (Å²) in [4.78, 5) is 2.39. The Morgan fingerprint density at radius 2 is 0.793 bits per heavy atom. The summed E-state index contributed by atoms with van der Waals surface area (Å²) >= 11 is 0. The number of rotatable bonds is 7. The molecule has 0 bridgehead atoms. The van der Waals surface area contributed by atoms with Gasteiger partial charge >= 0.3 is 0 Å². The van der Waals surface area contributed by atoms with E-state index in [2.05, 4.69) is 240 Å². The van der Waals surface area contributed by atoms with E-state index in [4.69, 9.17) is 0 Å². The summed E-state index contributed by atoms with van der Waals surface area (Å²) in [6.07, 6.45) is 0. The molecule has 1 aromatic heterocycles. The third-order valence-corrected chi connectivity index (χ3v) is 11.5. The van der Waals surface area contributed by atoms with E-state index in [0.29, 0.717) is 0 Å². The number of nitrogens with zero attached hydrogens (tertiary/aromatic N) is 2. The van der Waals surface area contributed by atoms with Gasteiger partial charge in [-0.15, -0.1) is 0 Å². The van der Waals surface area contributed by atoms with Gasteiger partial charge in [0.05, 0.1) is 16.7 Å². The lowest BCUT2D eigenvalue weighted by molar-refractivity contribution is 1.18. The topological polar surface area (TPSA) is 8.17 Å². The zero-order valence-electron chi connectivity index (χ0n) is 31.8. The summed E-state index contributed by atoms with van der Waals surface area (Å²) in [6.45, 7) is 0. The predicted octanol–water partition coefficient (Wildman–Crippen LogP) is 15.6. The number of hydrogen-bond donors (Lipinski definition) is 0. The fourth-order valence-electron chi connectivity index (χ4n) is 8.71. The summed E-state index contributed by atoms with van der Waals surface area (Å²) in [6, 6.07) is 83.8. The van der Waals surface area contributed by atoms with Crippen LogP contribution >= 0.6 is 0 Å². The Morgan fingerprint density at radius 1 is 0.276 bits per heavy atom. The molecule has 0 aliphatic heterocycles. The maximum atomic E-state index is 2.41. The molecule has 0 N–H and O–H groups in total. The van der Waals surface area contributed by atoms with Gasteiger partial charge in [0.2, 0.25) is 0 Å². The van der Waals surface area contributed by atoms with Gasteiger partial charge in [-0.1, -0.05) is 164 Å². The van der Waals surface area contributed by atoms with Crippen molar-refractivity contribution in [2.24, 2.45) is 0 Å². The van der Waals surface area contributed by atoms with E-state index in [1.807, 2.05) is 0 Å². The second kappa shape index (κ2) is 14.1. The van der Waals surface area contributed by atoms with Crippen LogP contribution < -0.4 is 4.90 Å². The van der Waals surface area contributed by atoms with Crippen LogP contribution in [0.3, 0.4) is 0 Å². The van der Waals surface area contributed by atoms with E-state index in [1.54, 1.807) is 0 Å². The summed E-state index contributed by atoms with van der Waals surface area (Å²) in [5.41, 5.74) is 14.0. The van der Waals surface area contributed by atoms with E-state index in [9.17, 15) is 0 Å². The molecule has 0 amide bonds. The maximum Gasteiger partial charge on any atom is 0.0541 e. The zero-order chi connectivity index (χ0) is 38.4. The highest BCUT2D eigenvalue weighted by atomic mass is 15.1. The molecule has 0 aliphatic carbocycles. The van der Waals surface area contributed by atoms with Crippen LogP contribution in [-0.2, 0) is 0 Å². The SMILES string of the molecule is c1ccc(-c2ccc3ccc(N(c4ccc(-c5ccccc5-n5c6ccccc6c6ccccc65)cc4)c4cccc(-c5ccc6ccccc6c5)c4)cc3c2)cc1. The fraction of sp³-hybridized carbons (Fsp3) is 0. The first-order chi connectivity index (χ1) is 28.7. The Bertz CT molecular complexity index is 3230. The van der Waals surface area contributed by atoms with Crippen LogP contribution in [0.2, 0.25) is 0 Å². The molecule has 0 radical (unpaired) electrons. The van der Waals surface area contributed by atoms with Crippen LogP contribution in [-0.4, -0.2) is 4.57 Å². The molecule has 0 unspecified atom stereocenters. The highest BCUT2D eigenvalue weighted by molar-refractivity contribution is 6.09. The van der Waals surface area contributed by atoms with Gasteiger partial charge in [-0.25, -0.2) is 0 Å². The average Bonchev–Trinajstić information content (AvgIpc) is 3.63. The van der Waals surface area contributed by atoms with Gasteiger partial charge in [0.15, 0.2) is 0 Å². The van der Waals surface area contributed by atoms with E-state index >= 15 is 0 Å². The molecule has 1 heterocycles. The summed E-state index contributed by atoms with van der Waals surface area (Å²) in [5.74, 6) is 0. The van der Waals surface area contributed by atoms with Gasteiger partial charge in [0.25, 0.3) is 0 Å². The Hall–Kier alpha value is -7.68. The minimum atomic E-state index is 1.09. The lowest BCUT2D eigenvalue weighted by atomic mass is 9.99. The molecule has 10 aromatic carbocycles. The van der Waals surface area contributed by atoms with E-state index < -0.39 is 0 Å². The minimum Gasteiger partial charge on any atom is -0.310 e. The molecule has 2 nitrogen and oxygen atoms in total. The first kappa shape index (κ1) is 33.6. The van der Waals surface area contributed by atoms with Crippen molar-refractivity contribution in [3.63, 3.8) is 0 Å².